The quantitative estimate of drug-likeness (QED) is 0.784. The third-order valence-corrected chi connectivity index (χ3v) is 2.57. The van der Waals surface area contributed by atoms with E-state index in [2.05, 4.69) is 4.98 Å². The third kappa shape index (κ3) is 2.27. The van der Waals surface area contributed by atoms with Gasteiger partial charge in [0.2, 0.25) is 0 Å². The number of halogens is 1. The van der Waals surface area contributed by atoms with E-state index >= 15 is 0 Å². The molecule has 2 nitrogen and oxygen atoms in total. The zero-order valence-corrected chi connectivity index (χ0v) is 9.74. The fourth-order valence-electron chi connectivity index (χ4n) is 1.05. The van der Waals surface area contributed by atoms with Crippen molar-refractivity contribution in [2.24, 2.45) is 0 Å². The molecule has 1 aromatic carbocycles. The Labute approximate surface area is 96.4 Å². The van der Waals surface area contributed by atoms with Crippen LogP contribution >= 0.6 is 28.3 Å². The zero-order valence-electron chi connectivity index (χ0n) is 7.21. The van der Waals surface area contributed by atoms with E-state index in [4.69, 9.17) is 0 Å². The van der Waals surface area contributed by atoms with Gasteiger partial charge in [-0.25, -0.2) is 4.98 Å². The van der Waals surface area contributed by atoms with Gasteiger partial charge in [-0.3, -0.25) is 4.79 Å². The summed E-state index contributed by atoms with van der Waals surface area (Å²) in [5.41, 5.74) is 1.56. The second-order valence-electron chi connectivity index (χ2n) is 2.56. The van der Waals surface area contributed by atoms with E-state index in [0.717, 1.165) is 16.9 Å². The van der Waals surface area contributed by atoms with E-state index in [9.17, 15) is 4.79 Å². The lowest BCUT2D eigenvalue weighted by Gasteiger charge is -1.92. The van der Waals surface area contributed by atoms with Gasteiger partial charge in [-0.1, -0.05) is 30.3 Å². The topological polar surface area (TPSA) is 30.0 Å². The van der Waals surface area contributed by atoms with Crippen LogP contribution in [-0.4, -0.2) is 11.3 Å². The number of hydrogen-bond donors (Lipinski definition) is 0. The van der Waals surface area contributed by atoms with Crippen LogP contribution in [0.25, 0.3) is 10.6 Å². The van der Waals surface area contributed by atoms with Crippen LogP contribution in [0.5, 0.6) is 0 Å². The van der Waals surface area contributed by atoms with E-state index in [1.807, 2.05) is 30.3 Å². The van der Waals surface area contributed by atoms with Crippen LogP contribution in [0, 0.1) is 0 Å². The molecule has 0 fully saturated rings. The standard InChI is InChI=1S/C10H7NOS.BrH/c12-6-9-7-13-10(11-9)8-4-2-1-3-5-8;/h1-7H;1H. The normalized spacial score (nSPS) is 9.14. The number of carbonyl (C=O) groups is 1. The van der Waals surface area contributed by atoms with E-state index in [1.54, 1.807) is 5.38 Å². The number of aldehydes is 1. The minimum atomic E-state index is 0. The fraction of sp³-hybridized carbons (Fsp3) is 0. The lowest BCUT2D eigenvalue weighted by Crippen LogP contribution is -1.79. The molecule has 72 valence electrons. The minimum Gasteiger partial charge on any atom is -0.296 e. The Hall–Kier alpha value is -1.00. The van der Waals surface area contributed by atoms with Gasteiger partial charge in [-0.2, -0.15) is 0 Å². The summed E-state index contributed by atoms with van der Waals surface area (Å²) in [5, 5.41) is 2.65. The Morgan fingerprint density at radius 1 is 1.21 bits per heavy atom. The van der Waals surface area contributed by atoms with Crippen LogP contribution < -0.4 is 0 Å². The van der Waals surface area contributed by atoms with E-state index in [1.165, 1.54) is 11.3 Å². The lowest BCUT2D eigenvalue weighted by atomic mass is 10.2. The van der Waals surface area contributed by atoms with Crippen LogP contribution in [0.15, 0.2) is 35.7 Å². The Morgan fingerprint density at radius 3 is 2.50 bits per heavy atom. The van der Waals surface area contributed by atoms with Crippen molar-refractivity contribution in [2.45, 2.75) is 0 Å². The maximum atomic E-state index is 10.4. The predicted molar refractivity (Wildman–Crippen MR) is 63.3 cm³/mol. The van der Waals surface area contributed by atoms with Gasteiger partial charge in [0.05, 0.1) is 0 Å². The first kappa shape index (κ1) is 11.1. The highest BCUT2D eigenvalue weighted by Gasteiger charge is 2.01. The molecule has 4 heteroatoms. The summed E-state index contributed by atoms with van der Waals surface area (Å²) in [7, 11) is 0. The van der Waals surface area contributed by atoms with Crippen molar-refractivity contribution in [1.82, 2.24) is 4.98 Å². The third-order valence-electron chi connectivity index (χ3n) is 1.66. The van der Waals surface area contributed by atoms with Crippen molar-refractivity contribution < 1.29 is 4.79 Å². The fourth-order valence-corrected chi connectivity index (χ4v) is 1.82. The second kappa shape index (κ2) is 5.02. The molecule has 0 aliphatic heterocycles. The maximum Gasteiger partial charge on any atom is 0.169 e. The number of rotatable bonds is 2. The van der Waals surface area contributed by atoms with Crippen molar-refractivity contribution in [2.75, 3.05) is 0 Å². The molecular weight excluding hydrogens is 262 g/mol. The first-order chi connectivity index (χ1) is 6.40. The van der Waals surface area contributed by atoms with Gasteiger partial charge in [0.25, 0.3) is 0 Å². The molecule has 0 saturated heterocycles. The number of nitrogens with zero attached hydrogens (tertiary/aromatic N) is 1. The van der Waals surface area contributed by atoms with E-state index in [0.29, 0.717) is 5.69 Å². The molecule has 0 saturated carbocycles. The molecule has 0 N–H and O–H groups in total. The van der Waals surface area contributed by atoms with Gasteiger partial charge < -0.3 is 0 Å². The van der Waals surface area contributed by atoms with Crippen molar-refractivity contribution in [3.8, 4) is 10.6 Å². The van der Waals surface area contributed by atoms with Crippen LogP contribution in [0.1, 0.15) is 10.5 Å². The average molecular weight is 270 g/mol. The van der Waals surface area contributed by atoms with Crippen molar-refractivity contribution in [1.29, 1.82) is 0 Å². The summed E-state index contributed by atoms with van der Waals surface area (Å²) >= 11 is 1.48. The van der Waals surface area contributed by atoms with Gasteiger partial charge in [0, 0.05) is 10.9 Å². The summed E-state index contributed by atoms with van der Waals surface area (Å²) in [6.07, 6.45) is 0.767. The molecule has 0 atom stereocenters. The Bertz CT molecular complexity index is 413. The molecule has 0 bridgehead atoms. The molecular formula is C10H8BrNOS. The minimum absolute atomic E-state index is 0. The molecule has 2 aromatic rings. The first-order valence-electron chi connectivity index (χ1n) is 3.86. The number of hydrogen-bond acceptors (Lipinski definition) is 3. The Kier molecular flexibility index (Phi) is 3.98. The average Bonchev–Trinajstić information content (AvgIpc) is 2.67. The molecule has 0 aliphatic carbocycles. The van der Waals surface area contributed by atoms with Crippen molar-refractivity contribution in [3.05, 3.63) is 41.4 Å². The first-order valence-corrected chi connectivity index (χ1v) is 4.74. The van der Waals surface area contributed by atoms with Crippen LogP contribution in [0.2, 0.25) is 0 Å². The highest BCUT2D eigenvalue weighted by molar-refractivity contribution is 8.93. The monoisotopic (exact) mass is 269 g/mol. The van der Waals surface area contributed by atoms with Crippen molar-refractivity contribution in [3.63, 3.8) is 0 Å². The molecule has 1 aromatic heterocycles. The SMILES string of the molecule is Br.O=Cc1csc(-c2ccccc2)n1. The van der Waals surface area contributed by atoms with Crippen molar-refractivity contribution >= 4 is 34.6 Å². The highest BCUT2D eigenvalue weighted by atomic mass is 79.9. The smallest absolute Gasteiger partial charge is 0.169 e. The second-order valence-corrected chi connectivity index (χ2v) is 3.42. The summed E-state index contributed by atoms with van der Waals surface area (Å²) in [4.78, 5) is 14.5. The molecule has 0 amide bonds. The van der Waals surface area contributed by atoms with Gasteiger partial charge in [-0.05, 0) is 0 Å². The molecule has 0 aliphatic rings. The summed E-state index contributed by atoms with van der Waals surface area (Å²) in [5.74, 6) is 0. The molecule has 14 heavy (non-hydrogen) atoms. The molecule has 2 rings (SSSR count). The molecule has 0 spiro atoms. The van der Waals surface area contributed by atoms with Gasteiger partial charge >= 0.3 is 0 Å². The van der Waals surface area contributed by atoms with Crippen LogP contribution in [0.4, 0.5) is 0 Å². The molecule has 0 unspecified atom stereocenters. The number of aromatic nitrogens is 1. The Morgan fingerprint density at radius 2 is 1.93 bits per heavy atom. The van der Waals surface area contributed by atoms with Gasteiger partial charge in [-0.15, -0.1) is 28.3 Å². The van der Waals surface area contributed by atoms with E-state index < -0.39 is 0 Å². The maximum absolute atomic E-state index is 10.4. The van der Waals surface area contributed by atoms with Gasteiger partial charge in [0.1, 0.15) is 10.7 Å². The number of benzene rings is 1. The lowest BCUT2D eigenvalue weighted by molar-refractivity contribution is 0.111. The summed E-state index contributed by atoms with van der Waals surface area (Å²) < 4.78 is 0. The molecule has 1 heterocycles. The summed E-state index contributed by atoms with van der Waals surface area (Å²) in [6.45, 7) is 0. The van der Waals surface area contributed by atoms with Gasteiger partial charge in [0.15, 0.2) is 6.29 Å². The highest BCUT2D eigenvalue weighted by Crippen LogP contribution is 2.22. The number of carbonyl (C=O) groups excluding carboxylic acids is 1. The van der Waals surface area contributed by atoms with Crippen LogP contribution in [-0.2, 0) is 0 Å². The van der Waals surface area contributed by atoms with E-state index in [-0.39, 0.29) is 17.0 Å². The summed E-state index contributed by atoms with van der Waals surface area (Å²) in [6, 6.07) is 9.83. The molecule has 0 radical (unpaired) electrons. The zero-order chi connectivity index (χ0) is 9.10. The van der Waals surface area contributed by atoms with Crippen LogP contribution in [0.3, 0.4) is 0 Å². The predicted octanol–water partition coefficient (Wildman–Crippen LogP) is 3.20. The number of thiazole rings is 1. The Balaban J connectivity index is 0.000000980. The largest absolute Gasteiger partial charge is 0.296 e.